The summed E-state index contributed by atoms with van der Waals surface area (Å²) in [6.45, 7) is 21.0. The van der Waals surface area contributed by atoms with E-state index in [9.17, 15) is 0 Å². The SMILES string of the molecule is C=C(C)[C@@H]1CC[C@]2(COC)CC[C@]3(C)C(CCC4[C@@]5(C)CC=CC(C)(C)C5CC[C@]43C)C12. The zero-order valence-electron chi connectivity index (χ0n) is 22.2. The minimum atomic E-state index is 0.350. The number of hydrogen-bond acceptors (Lipinski definition) is 1. The highest BCUT2D eigenvalue weighted by Crippen LogP contribution is 2.77. The van der Waals surface area contributed by atoms with Crippen LogP contribution in [-0.2, 0) is 4.74 Å². The summed E-state index contributed by atoms with van der Waals surface area (Å²) < 4.78 is 5.93. The van der Waals surface area contributed by atoms with E-state index in [0.717, 1.165) is 30.3 Å². The molecule has 0 aromatic rings. The smallest absolute Gasteiger partial charge is 0.0521 e. The summed E-state index contributed by atoms with van der Waals surface area (Å²) in [5.74, 6) is 4.02. The molecule has 0 spiro atoms. The summed E-state index contributed by atoms with van der Waals surface area (Å²) in [5.41, 5.74) is 3.58. The molecule has 180 valence electrons. The minimum absolute atomic E-state index is 0.350. The highest BCUT2D eigenvalue weighted by atomic mass is 16.5. The molecule has 0 saturated heterocycles. The lowest BCUT2D eigenvalue weighted by molar-refractivity contribution is -0.229. The summed E-state index contributed by atoms with van der Waals surface area (Å²) in [7, 11) is 1.94. The summed E-state index contributed by atoms with van der Waals surface area (Å²) in [5, 5.41) is 0. The van der Waals surface area contributed by atoms with Crippen LogP contribution in [-0.4, -0.2) is 13.7 Å². The van der Waals surface area contributed by atoms with Crippen LogP contribution < -0.4 is 0 Å². The zero-order chi connectivity index (χ0) is 23.2. The lowest BCUT2D eigenvalue weighted by atomic mass is 9.33. The number of hydrogen-bond donors (Lipinski definition) is 0. The van der Waals surface area contributed by atoms with Crippen molar-refractivity contribution in [1.82, 2.24) is 0 Å². The molecule has 5 aliphatic carbocycles. The average molecular weight is 439 g/mol. The summed E-state index contributed by atoms with van der Waals surface area (Å²) in [6.07, 6.45) is 17.6. The fourth-order valence-electron chi connectivity index (χ4n) is 11.4. The standard InChI is InChI=1S/C31H50O/c1-21(2)22-12-17-31(20-32-8)19-18-29(6)23(26(22)31)10-11-25-28(5)15-9-14-27(3,4)24(28)13-16-30(25,29)7/h9,14,22-26H,1,10-13,15-20H2,2-8H3/t22-,23?,24?,25?,26?,28-,29+,30+,31+/m0/s1. The van der Waals surface area contributed by atoms with Crippen LogP contribution in [0.5, 0.6) is 0 Å². The molecule has 0 radical (unpaired) electrons. The Balaban J connectivity index is 1.56. The van der Waals surface area contributed by atoms with Crippen LogP contribution in [0.1, 0.15) is 99.3 Å². The molecule has 0 N–H and O–H groups in total. The van der Waals surface area contributed by atoms with Gasteiger partial charge >= 0.3 is 0 Å². The average Bonchev–Trinajstić information content (AvgIpc) is 3.08. The van der Waals surface area contributed by atoms with Gasteiger partial charge in [0.2, 0.25) is 0 Å². The van der Waals surface area contributed by atoms with Gasteiger partial charge in [0.1, 0.15) is 0 Å². The molecule has 0 amide bonds. The van der Waals surface area contributed by atoms with Crippen LogP contribution in [0, 0.1) is 56.7 Å². The second-order valence-electron chi connectivity index (χ2n) is 14.4. The van der Waals surface area contributed by atoms with Crippen molar-refractivity contribution >= 4 is 0 Å². The second kappa shape index (κ2) is 7.22. The van der Waals surface area contributed by atoms with Gasteiger partial charge < -0.3 is 4.74 Å². The van der Waals surface area contributed by atoms with E-state index < -0.39 is 0 Å². The Morgan fingerprint density at radius 2 is 1.66 bits per heavy atom. The number of allylic oxidation sites excluding steroid dienone is 3. The third-order valence-corrected chi connectivity index (χ3v) is 12.9. The van der Waals surface area contributed by atoms with Crippen LogP contribution in [0.15, 0.2) is 24.3 Å². The Labute approximate surface area is 198 Å². The largest absolute Gasteiger partial charge is 0.384 e. The fraction of sp³-hybridized carbons (Fsp3) is 0.871. The lowest BCUT2D eigenvalue weighted by Gasteiger charge is -2.72. The number of ether oxygens (including phenoxy) is 1. The van der Waals surface area contributed by atoms with Gasteiger partial charge in [-0.2, -0.15) is 0 Å². The quantitative estimate of drug-likeness (QED) is 0.401. The summed E-state index contributed by atoms with van der Waals surface area (Å²) >= 11 is 0. The van der Waals surface area contributed by atoms with Crippen molar-refractivity contribution in [2.45, 2.75) is 99.3 Å². The maximum atomic E-state index is 5.93. The fourth-order valence-corrected chi connectivity index (χ4v) is 11.4. The molecule has 32 heavy (non-hydrogen) atoms. The Morgan fingerprint density at radius 3 is 2.34 bits per heavy atom. The molecule has 4 unspecified atom stereocenters. The van der Waals surface area contributed by atoms with Gasteiger partial charge in [0, 0.05) is 7.11 Å². The first-order valence-electron chi connectivity index (χ1n) is 13.8. The van der Waals surface area contributed by atoms with E-state index in [1.807, 2.05) is 7.11 Å². The summed E-state index contributed by atoms with van der Waals surface area (Å²) in [6, 6.07) is 0. The van der Waals surface area contributed by atoms with E-state index in [1.165, 1.54) is 63.4 Å². The molecule has 5 aliphatic rings. The van der Waals surface area contributed by atoms with Gasteiger partial charge in [-0.15, -0.1) is 0 Å². The molecule has 1 heteroatoms. The van der Waals surface area contributed by atoms with Gasteiger partial charge in [-0.05, 0) is 121 Å². The maximum Gasteiger partial charge on any atom is 0.0521 e. The van der Waals surface area contributed by atoms with Gasteiger partial charge in [-0.3, -0.25) is 0 Å². The Kier molecular flexibility index (Phi) is 5.23. The maximum absolute atomic E-state index is 5.93. The topological polar surface area (TPSA) is 9.23 Å². The first kappa shape index (κ1) is 23.2. The van der Waals surface area contributed by atoms with Crippen molar-refractivity contribution in [1.29, 1.82) is 0 Å². The third kappa shape index (κ3) is 2.79. The monoisotopic (exact) mass is 438 g/mol. The molecule has 4 saturated carbocycles. The summed E-state index contributed by atoms with van der Waals surface area (Å²) in [4.78, 5) is 0. The van der Waals surface area contributed by atoms with Crippen LogP contribution >= 0.6 is 0 Å². The normalized spacial score (nSPS) is 53.7. The van der Waals surface area contributed by atoms with E-state index >= 15 is 0 Å². The molecule has 1 nitrogen and oxygen atoms in total. The Hall–Kier alpha value is -0.560. The second-order valence-corrected chi connectivity index (χ2v) is 14.4. The van der Waals surface area contributed by atoms with Crippen LogP contribution in [0.25, 0.3) is 0 Å². The van der Waals surface area contributed by atoms with Gasteiger partial charge in [0.05, 0.1) is 6.61 Å². The molecule has 0 aliphatic heterocycles. The third-order valence-electron chi connectivity index (χ3n) is 12.9. The van der Waals surface area contributed by atoms with E-state index in [0.29, 0.717) is 33.0 Å². The molecule has 0 aromatic heterocycles. The van der Waals surface area contributed by atoms with Crippen molar-refractivity contribution in [3.63, 3.8) is 0 Å². The van der Waals surface area contributed by atoms with Crippen molar-refractivity contribution < 1.29 is 4.74 Å². The Morgan fingerprint density at radius 1 is 0.906 bits per heavy atom. The Bertz CT molecular complexity index is 807. The first-order valence-corrected chi connectivity index (χ1v) is 13.8. The van der Waals surface area contributed by atoms with E-state index in [1.54, 1.807) is 0 Å². The van der Waals surface area contributed by atoms with Gasteiger partial charge in [0.25, 0.3) is 0 Å². The number of rotatable bonds is 3. The minimum Gasteiger partial charge on any atom is -0.384 e. The van der Waals surface area contributed by atoms with Crippen LogP contribution in [0.4, 0.5) is 0 Å². The molecule has 4 fully saturated rings. The first-order chi connectivity index (χ1) is 15.0. The van der Waals surface area contributed by atoms with Gasteiger partial charge in [0.15, 0.2) is 0 Å². The van der Waals surface area contributed by atoms with Crippen molar-refractivity contribution in [3.05, 3.63) is 24.3 Å². The number of fused-ring (bicyclic) bond motifs is 7. The molecular formula is C31H50O. The lowest BCUT2D eigenvalue weighted by Crippen LogP contribution is -2.65. The van der Waals surface area contributed by atoms with Gasteiger partial charge in [-0.25, -0.2) is 0 Å². The van der Waals surface area contributed by atoms with E-state index in [2.05, 4.69) is 60.3 Å². The molecule has 5 rings (SSSR count). The van der Waals surface area contributed by atoms with Crippen LogP contribution in [0.2, 0.25) is 0 Å². The molecule has 0 aromatic carbocycles. The molecule has 0 bridgehead atoms. The predicted molar refractivity (Wildman–Crippen MR) is 135 cm³/mol. The van der Waals surface area contributed by atoms with Crippen molar-refractivity contribution in [2.75, 3.05) is 13.7 Å². The van der Waals surface area contributed by atoms with Crippen LogP contribution in [0.3, 0.4) is 0 Å². The molecular weight excluding hydrogens is 388 g/mol. The predicted octanol–water partition coefficient (Wildman–Crippen LogP) is 8.46. The highest BCUT2D eigenvalue weighted by Gasteiger charge is 2.69. The highest BCUT2D eigenvalue weighted by molar-refractivity contribution is 5.23. The van der Waals surface area contributed by atoms with E-state index in [-0.39, 0.29) is 0 Å². The van der Waals surface area contributed by atoms with E-state index in [4.69, 9.17) is 4.74 Å². The van der Waals surface area contributed by atoms with Gasteiger partial charge in [-0.1, -0.05) is 58.9 Å². The molecule has 9 atom stereocenters. The zero-order valence-corrected chi connectivity index (χ0v) is 22.2. The number of methoxy groups -OCH3 is 1. The van der Waals surface area contributed by atoms with Crippen molar-refractivity contribution in [3.8, 4) is 0 Å². The van der Waals surface area contributed by atoms with Crippen molar-refractivity contribution in [2.24, 2.45) is 56.7 Å². The molecule has 0 heterocycles.